The predicted octanol–water partition coefficient (Wildman–Crippen LogP) is 2.44. The number of anilines is 2. The summed E-state index contributed by atoms with van der Waals surface area (Å²) in [5.74, 6) is 0.477. The molecule has 3 fully saturated rings. The molecule has 1 saturated carbocycles. The maximum absolute atomic E-state index is 12.8. The van der Waals surface area contributed by atoms with Gasteiger partial charge in [-0.2, -0.15) is 9.97 Å². The quantitative estimate of drug-likeness (QED) is 0.0977. The van der Waals surface area contributed by atoms with Crippen LogP contribution in [-0.2, 0) is 11.3 Å². The highest BCUT2D eigenvalue weighted by Crippen LogP contribution is 2.38. The molecular weight excluding hydrogens is 704 g/mol. The lowest BCUT2D eigenvalue weighted by Crippen LogP contribution is -2.46. The number of hydrogen-bond donors (Lipinski definition) is 7. The summed E-state index contributed by atoms with van der Waals surface area (Å²) < 4.78 is 1.69. The standard InChI is InChI=1S/C39H42N10O6/c50-27-13-7-8-23(16-27)18-41-38(54)44-26-14-15-47(21-26)37-45-35(40-19-28(24-9-3-1-4-10-24)25-11-5-2-6-12-25)32-36(46-37)48(22-43-32)29-17-30(34(53)33(29)52)49-31(51)20-42-39(49)55/h1-13,16,22,26,28-30,33-34,50,52-53H,14-15,17-21H2,(H,42,55)(H,40,45,46)(H2,41,44,54)/t26-,29-,30+,33+,34-/m1/s1. The molecule has 1 aliphatic carbocycles. The van der Waals surface area contributed by atoms with E-state index >= 15 is 0 Å². The summed E-state index contributed by atoms with van der Waals surface area (Å²) in [5.41, 5.74) is 3.84. The van der Waals surface area contributed by atoms with Crippen LogP contribution in [0.3, 0.4) is 0 Å². The number of carbonyl (C=O) groups excluding carboxylic acids is 3. The zero-order valence-corrected chi connectivity index (χ0v) is 29.8. The predicted molar refractivity (Wildman–Crippen MR) is 202 cm³/mol. The van der Waals surface area contributed by atoms with E-state index in [1.165, 1.54) is 0 Å². The first kappa shape index (κ1) is 35.8. The molecule has 7 N–H and O–H groups in total. The largest absolute Gasteiger partial charge is 0.508 e. The minimum atomic E-state index is -1.38. The van der Waals surface area contributed by atoms with Gasteiger partial charge in [0, 0.05) is 38.1 Å². The number of rotatable bonds is 11. The van der Waals surface area contributed by atoms with Crippen molar-refractivity contribution in [1.29, 1.82) is 0 Å². The second kappa shape index (κ2) is 15.2. The first-order valence-corrected chi connectivity index (χ1v) is 18.3. The van der Waals surface area contributed by atoms with Crippen LogP contribution in [0.15, 0.2) is 91.3 Å². The molecule has 284 valence electrons. The van der Waals surface area contributed by atoms with E-state index in [1.54, 1.807) is 29.1 Å². The summed E-state index contributed by atoms with van der Waals surface area (Å²) in [4.78, 5) is 55.5. The number of aromatic nitrogens is 4. The number of fused-ring (bicyclic) bond motifs is 1. The van der Waals surface area contributed by atoms with Crippen LogP contribution in [0, 0.1) is 0 Å². The number of imidazole rings is 1. The number of urea groups is 2. The molecule has 16 heteroatoms. The number of carbonyl (C=O) groups is 3. The summed E-state index contributed by atoms with van der Waals surface area (Å²) in [6.07, 6.45) is -0.436. The third kappa shape index (κ3) is 7.33. The van der Waals surface area contributed by atoms with E-state index < -0.39 is 36.2 Å². The summed E-state index contributed by atoms with van der Waals surface area (Å²) in [7, 11) is 0. The van der Waals surface area contributed by atoms with Crippen molar-refractivity contribution in [2.24, 2.45) is 0 Å². The molecular formula is C39H42N10O6. The molecule has 2 aliphatic heterocycles. The van der Waals surface area contributed by atoms with Crippen molar-refractivity contribution in [2.75, 3.05) is 36.4 Å². The first-order chi connectivity index (χ1) is 26.7. The summed E-state index contributed by atoms with van der Waals surface area (Å²) in [5, 5.41) is 44.1. The number of phenolic OH excluding ortho intramolecular Hbond substituents is 1. The number of aliphatic hydroxyl groups is 2. The Hall–Kier alpha value is -6.26. The highest BCUT2D eigenvalue weighted by Gasteiger charge is 2.50. The van der Waals surface area contributed by atoms with Crippen molar-refractivity contribution in [3.8, 4) is 5.75 Å². The molecule has 5 aromatic rings. The van der Waals surface area contributed by atoms with Crippen LogP contribution in [0.5, 0.6) is 5.75 Å². The van der Waals surface area contributed by atoms with Crippen molar-refractivity contribution < 1.29 is 29.7 Å². The Kier molecular flexibility index (Phi) is 9.90. The van der Waals surface area contributed by atoms with Gasteiger partial charge in [-0.15, -0.1) is 0 Å². The molecule has 4 heterocycles. The molecule has 5 amide bonds. The second-order valence-corrected chi connectivity index (χ2v) is 14.2. The molecule has 5 atom stereocenters. The van der Waals surface area contributed by atoms with Crippen LogP contribution >= 0.6 is 0 Å². The van der Waals surface area contributed by atoms with Crippen molar-refractivity contribution in [3.05, 3.63) is 108 Å². The van der Waals surface area contributed by atoms with Crippen LogP contribution < -0.4 is 26.2 Å². The van der Waals surface area contributed by atoms with E-state index in [1.807, 2.05) is 47.4 Å². The topological polar surface area (TPSA) is 210 Å². The Morgan fingerprint density at radius 3 is 2.35 bits per heavy atom. The molecule has 0 bridgehead atoms. The van der Waals surface area contributed by atoms with Gasteiger partial charge in [0.2, 0.25) is 11.9 Å². The summed E-state index contributed by atoms with van der Waals surface area (Å²) >= 11 is 0. The minimum Gasteiger partial charge on any atom is -0.508 e. The number of aliphatic hydroxyl groups excluding tert-OH is 2. The van der Waals surface area contributed by atoms with Crippen molar-refractivity contribution >= 4 is 40.9 Å². The third-order valence-electron chi connectivity index (χ3n) is 10.6. The third-order valence-corrected chi connectivity index (χ3v) is 10.6. The average molecular weight is 747 g/mol. The molecule has 2 aromatic heterocycles. The van der Waals surface area contributed by atoms with Crippen LogP contribution in [0.4, 0.5) is 21.4 Å². The van der Waals surface area contributed by atoms with E-state index in [4.69, 9.17) is 15.0 Å². The van der Waals surface area contributed by atoms with Gasteiger partial charge in [-0.1, -0.05) is 72.8 Å². The fraction of sp³-hybridized carbons (Fsp3) is 0.333. The molecule has 16 nitrogen and oxygen atoms in total. The van der Waals surface area contributed by atoms with E-state index in [9.17, 15) is 29.7 Å². The lowest BCUT2D eigenvalue weighted by atomic mass is 9.91. The minimum absolute atomic E-state index is 0.0339. The highest BCUT2D eigenvalue weighted by molar-refractivity contribution is 6.02. The number of imide groups is 1. The molecule has 0 unspecified atom stereocenters. The Bertz CT molecular complexity index is 2130. The summed E-state index contributed by atoms with van der Waals surface area (Å²) in [6.45, 7) is 1.53. The fourth-order valence-corrected chi connectivity index (χ4v) is 7.84. The summed E-state index contributed by atoms with van der Waals surface area (Å²) in [6, 6.07) is 24.2. The molecule has 0 radical (unpaired) electrons. The number of nitrogens with one attached hydrogen (secondary N) is 4. The van der Waals surface area contributed by atoms with Gasteiger partial charge in [-0.25, -0.2) is 14.6 Å². The van der Waals surface area contributed by atoms with Gasteiger partial charge in [0.25, 0.3) is 0 Å². The maximum atomic E-state index is 12.8. The number of hydrogen-bond acceptors (Lipinski definition) is 11. The Morgan fingerprint density at radius 2 is 1.65 bits per heavy atom. The van der Waals surface area contributed by atoms with Crippen molar-refractivity contribution in [2.45, 2.75) is 55.6 Å². The number of phenols is 1. The SMILES string of the molecule is O=C(NCc1cccc(O)c1)N[C@@H]1CCN(c2nc(NCC(c3ccccc3)c3ccccc3)c3ncn([C@@H]4C[C@H](N5C(=O)CNC5=O)[C@@H](O)[C@H]4O)c3n2)C1. The van der Waals surface area contributed by atoms with Gasteiger partial charge >= 0.3 is 12.1 Å². The van der Waals surface area contributed by atoms with E-state index in [0.717, 1.165) is 21.6 Å². The number of amides is 5. The smallest absolute Gasteiger partial charge is 0.324 e. The molecule has 3 aromatic carbocycles. The lowest BCUT2D eigenvalue weighted by molar-refractivity contribution is -0.128. The van der Waals surface area contributed by atoms with Crippen LogP contribution in [-0.4, -0.2) is 108 Å². The Morgan fingerprint density at radius 1 is 0.927 bits per heavy atom. The van der Waals surface area contributed by atoms with Gasteiger partial charge in [0.1, 0.15) is 18.0 Å². The van der Waals surface area contributed by atoms with E-state index in [0.29, 0.717) is 49.0 Å². The van der Waals surface area contributed by atoms with Gasteiger partial charge < -0.3 is 46.1 Å². The fourth-order valence-electron chi connectivity index (χ4n) is 7.84. The number of aromatic hydroxyl groups is 1. The lowest BCUT2D eigenvalue weighted by Gasteiger charge is -2.23. The first-order valence-electron chi connectivity index (χ1n) is 18.3. The monoisotopic (exact) mass is 746 g/mol. The maximum Gasteiger partial charge on any atom is 0.324 e. The number of nitrogens with zero attached hydrogens (tertiary/aromatic N) is 6. The van der Waals surface area contributed by atoms with Crippen molar-refractivity contribution in [1.82, 2.24) is 40.4 Å². The average Bonchev–Trinajstić information content (AvgIpc) is 3.98. The van der Waals surface area contributed by atoms with E-state index in [-0.39, 0.29) is 43.3 Å². The van der Waals surface area contributed by atoms with Gasteiger partial charge in [0.15, 0.2) is 17.0 Å². The van der Waals surface area contributed by atoms with Crippen LogP contribution in [0.25, 0.3) is 11.2 Å². The molecule has 2 saturated heterocycles. The zero-order valence-electron chi connectivity index (χ0n) is 29.8. The van der Waals surface area contributed by atoms with Crippen LogP contribution in [0.1, 0.15) is 41.5 Å². The van der Waals surface area contributed by atoms with Gasteiger partial charge in [-0.3, -0.25) is 9.69 Å². The Labute approximate surface area is 316 Å². The second-order valence-electron chi connectivity index (χ2n) is 14.2. The number of benzene rings is 3. The highest BCUT2D eigenvalue weighted by atomic mass is 16.3. The molecule has 3 aliphatic rings. The molecule has 0 spiro atoms. The van der Waals surface area contributed by atoms with Crippen molar-refractivity contribution in [3.63, 3.8) is 0 Å². The molecule has 55 heavy (non-hydrogen) atoms. The van der Waals surface area contributed by atoms with E-state index in [2.05, 4.69) is 45.5 Å². The van der Waals surface area contributed by atoms with Gasteiger partial charge in [-0.05, 0) is 41.7 Å². The Balaban J connectivity index is 1.08. The van der Waals surface area contributed by atoms with Crippen LogP contribution in [0.2, 0.25) is 0 Å². The molecule has 8 rings (SSSR count). The normalized spacial score (nSPS) is 22.4. The zero-order chi connectivity index (χ0) is 38.1. The van der Waals surface area contributed by atoms with Gasteiger partial charge in [0.05, 0.1) is 25.0 Å².